The molecule has 0 saturated carbocycles. The minimum atomic E-state index is -0.385. The number of aromatic amines is 3. The SMILES string of the molecule is C.Cn1c(=O)[nH]c2c(c1=O)CCCC2.Cn1c(=O)[nH]c2ccccc2c1=O.Cn1c(=O)[nH]c2cscc2c1=O. The van der Waals surface area contributed by atoms with Gasteiger partial charge in [0, 0.05) is 43.2 Å². The minimum absolute atomic E-state index is 0. The highest BCUT2D eigenvalue weighted by atomic mass is 32.1. The lowest BCUT2D eigenvalue weighted by Crippen LogP contribution is -2.37. The lowest BCUT2D eigenvalue weighted by atomic mass is 9.97. The monoisotopic (exact) mass is 554 g/mol. The zero-order valence-electron chi connectivity index (χ0n) is 21.0. The standard InChI is InChI=1S/C9H12N2O2.C9H8N2O2.C7H6N2O2S.CH4/c2*1-11-8(12)6-4-2-3-5-7(6)10-9(11)13;1-9-6(10)4-2-12-3-5(4)8-7(9)11;/h2-5H2,1H3,(H,10,13);2-5H,1H3,(H,10,13);2-3H,1H3,(H,8,11);1H4. The second kappa shape index (κ2) is 11.9. The van der Waals surface area contributed by atoms with Gasteiger partial charge in [0.25, 0.3) is 16.7 Å². The Balaban J connectivity index is 0.000000160. The first-order valence-electron chi connectivity index (χ1n) is 11.7. The molecule has 0 radical (unpaired) electrons. The minimum Gasteiger partial charge on any atom is -0.311 e. The van der Waals surface area contributed by atoms with Crippen molar-refractivity contribution in [2.75, 3.05) is 0 Å². The number of nitrogens with one attached hydrogen (secondary N) is 3. The quantitative estimate of drug-likeness (QED) is 0.259. The van der Waals surface area contributed by atoms with Crippen LogP contribution < -0.4 is 33.7 Å². The molecule has 0 saturated heterocycles. The van der Waals surface area contributed by atoms with Crippen molar-refractivity contribution in [3.8, 4) is 0 Å². The molecule has 0 unspecified atom stereocenters. The lowest BCUT2D eigenvalue weighted by molar-refractivity contribution is 0.624. The lowest BCUT2D eigenvalue weighted by Gasteiger charge is -2.14. The third-order valence-electron chi connectivity index (χ3n) is 6.34. The van der Waals surface area contributed by atoms with Crippen LogP contribution in [0.15, 0.2) is 63.8 Å². The molecular weight excluding hydrogens is 524 g/mol. The fraction of sp³-hybridized carbons (Fsp3) is 0.308. The maximum atomic E-state index is 11.6. The Morgan fingerprint density at radius 2 is 1.18 bits per heavy atom. The van der Waals surface area contributed by atoms with E-state index in [-0.39, 0.29) is 41.2 Å². The number of nitrogens with zero attached hydrogens (tertiary/aromatic N) is 3. The van der Waals surface area contributed by atoms with Gasteiger partial charge in [-0.25, -0.2) is 14.4 Å². The topological polar surface area (TPSA) is 165 Å². The molecule has 206 valence electrons. The average Bonchev–Trinajstić information content (AvgIpc) is 3.39. The van der Waals surface area contributed by atoms with E-state index in [2.05, 4.69) is 15.0 Å². The first-order valence-corrected chi connectivity index (χ1v) is 12.7. The van der Waals surface area contributed by atoms with Crippen molar-refractivity contribution >= 4 is 33.1 Å². The van der Waals surface area contributed by atoms with Crippen LogP contribution in [0.4, 0.5) is 0 Å². The van der Waals surface area contributed by atoms with Gasteiger partial charge < -0.3 is 15.0 Å². The smallest absolute Gasteiger partial charge is 0.311 e. The molecule has 13 heteroatoms. The van der Waals surface area contributed by atoms with E-state index in [1.807, 2.05) is 0 Å². The number of hydrogen-bond acceptors (Lipinski definition) is 7. The number of benzene rings is 1. The third-order valence-corrected chi connectivity index (χ3v) is 7.09. The van der Waals surface area contributed by atoms with Crippen molar-refractivity contribution in [3.63, 3.8) is 0 Å². The van der Waals surface area contributed by atoms with Gasteiger partial charge in [0.2, 0.25) is 0 Å². The molecule has 0 fully saturated rings. The average molecular weight is 555 g/mol. The normalized spacial score (nSPS) is 12.0. The summed E-state index contributed by atoms with van der Waals surface area (Å²) in [5, 5.41) is 4.58. The first-order chi connectivity index (χ1) is 18.1. The first kappa shape index (κ1) is 29.0. The second-order valence-electron chi connectivity index (χ2n) is 8.79. The van der Waals surface area contributed by atoms with Crippen LogP contribution >= 0.6 is 11.3 Å². The van der Waals surface area contributed by atoms with E-state index in [0.717, 1.165) is 50.6 Å². The number of rotatable bonds is 0. The molecule has 6 rings (SSSR count). The number of H-pyrrole nitrogens is 3. The highest BCUT2D eigenvalue weighted by Gasteiger charge is 2.15. The van der Waals surface area contributed by atoms with Crippen molar-refractivity contribution < 1.29 is 0 Å². The summed E-state index contributed by atoms with van der Waals surface area (Å²) in [4.78, 5) is 75.8. The predicted octanol–water partition coefficient (Wildman–Crippen LogP) is 1.10. The molecule has 4 aromatic heterocycles. The van der Waals surface area contributed by atoms with Crippen LogP contribution in [-0.4, -0.2) is 28.7 Å². The summed E-state index contributed by atoms with van der Waals surface area (Å²) >= 11 is 1.40. The highest BCUT2D eigenvalue weighted by Crippen LogP contribution is 2.14. The van der Waals surface area contributed by atoms with Crippen LogP contribution in [-0.2, 0) is 34.0 Å². The van der Waals surface area contributed by atoms with E-state index >= 15 is 0 Å². The molecule has 0 bridgehead atoms. The van der Waals surface area contributed by atoms with Crippen molar-refractivity contribution in [1.82, 2.24) is 28.7 Å². The van der Waals surface area contributed by atoms with Gasteiger partial charge in [0.15, 0.2) is 0 Å². The molecule has 1 aromatic carbocycles. The van der Waals surface area contributed by atoms with Gasteiger partial charge in [-0.05, 0) is 37.8 Å². The second-order valence-corrected chi connectivity index (χ2v) is 9.54. The Kier molecular flexibility index (Phi) is 8.86. The fourth-order valence-corrected chi connectivity index (χ4v) is 4.82. The molecule has 12 nitrogen and oxygen atoms in total. The van der Waals surface area contributed by atoms with Crippen molar-refractivity contribution in [1.29, 1.82) is 0 Å². The predicted molar refractivity (Wildman–Crippen MR) is 153 cm³/mol. The number of hydrogen-bond donors (Lipinski definition) is 3. The van der Waals surface area contributed by atoms with Gasteiger partial charge in [0.05, 0.1) is 21.8 Å². The molecule has 0 aliphatic heterocycles. The molecule has 39 heavy (non-hydrogen) atoms. The van der Waals surface area contributed by atoms with Crippen molar-refractivity contribution in [2.24, 2.45) is 21.1 Å². The Bertz CT molecular complexity index is 2000. The summed E-state index contributed by atoms with van der Waals surface area (Å²) in [7, 11) is 4.42. The summed E-state index contributed by atoms with van der Waals surface area (Å²) in [6.45, 7) is 0. The van der Waals surface area contributed by atoms with Crippen LogP contribution in [0.5, 0.6) is 0 Å². The number of thiophene rings is 1. The molecule has 5 aromatic rings. The van der Waals surface area contributed by atoms with Gasteiger partial charge in [-0.1, -0.05) is 19.6 Å². The summed E-state index contributed by atoms with van der Waals surface area (Å²) in [5.41, 5.74) is 1.16. The van der Waals surface area contributed by atoms with Crippen LogP contribution in [0.1, 0.15) is 31.5 Å². The van der Waals surface area contributed by atoms with Gasteiger partial charge >= 0.3 is 17.1 Å². The van der Waals surface area contributed by atoms with Gasteiger partial charge in [-0.15, -0.1) is 11.3 Å². The molecule has 0 spiro atoms. The molecular formula is C26H30N6O6S. The van der Waals surface area contributed by atoms with E-state index in [1.165, 1.54) is 32.5 Å². The largest absolute Gasteiger partial charge is 0.328 e. The molecule has 4 heterocycles. The zero-order valence-corrected chi connectivity index (χ0v) is 21.8. The van der Waals surface area contributed by atoms with Gasteiger partial charge in [-0.2, -0.15) is 0 Å². The Morgan fingerprint density at radius 1 is 0.641 bits per heavy atom. The number of aryl methyl sites for hydroxylation is 1. The molecule has 1 aliphatic carbocycles. The van der Waals surface area contributed by atoms with E-state index in [9.17, 15) is 28.8 Å². The molecule has 1 aliphatic rings. The van der Waals surface area contributed by atoms with E-state index in [1.54, 1.807) is 35.0 Å². The van der Waals surface area contributed by atoms with Crippen molar-refractivity contribution in [3.05, 3.63) is 109 Å². The molecule has 3 N–H and O–H groups in total. The summed E-state index contributed by atoms with van der Waals surface area (Å²) in [6.07, 6.45) is 3.75. The Morgan fingerprint density at radius 3 is 1.87 bits per heavy atom. The van der Waals surface area contributed by atoms with E-state index in [4.69, 9.17) is 0 Å². The van der Waals surface area contributed by atoms with Crippen molar-refractivity contribution in [2.45, 2.75) is 33.1 Å². The summed E-state index contributed by atoms with van der Waals surface area (Å²) in [5.74, 6) is 0. The Hall–Kier alpha value is -4.52. The highest BCUT2D eigenvalue weighted by molar-refractivity contribution is 7.09. The van der Waals surface area contributed by atoms with E-state index in [0.29, 0.717) is 21.8 Å². The summed E-state index contributed by atoms with van der Waals surface area (Å²) in [6, 6.07) is 6.94. The maximum absolute atomic E-state index is 11.6. The molecule has 0 atom stereocenters. The number of fused-ring (bicyclic) bond motifs is 3. The Labute approximate surface area is 224 Å². The van der Waals surface area contributed by atoms with Crippen LogP contribution in [0, 0.1) is 0 Å². The van der Waals surface area contributed by atoms with Gasteiger partial charge in [-0.3, -0.25) is 28.1 Å². The fourth-order valence-electron chi connectivity index (χ4n) is 4.07. The third kappa shape index (κ3) is 5.82. The van der Waals surface area contributed by atoms with Crippen LogP contribution in [0.25, 0.3) is 21.8 Å². The summed E-state index contributed by atoms with van der Waals surface area (Å²) < 4.78 is 3.27. The van der Waals surface area contributed by atoms with Crippen LogP contribution in [0.2, 0.25) is 0 Å². The maximum Gasteiger partial charge on any atom is 0.328 e. The number of para-hydroxylation sites is 1. The van der Waals surface area contributed by atoms with Crippen LogP contribution in [0.3, 0.4) is 0 Å². The number of aromatic nitrogens is 6. The van der Waals surface area contributed by atoms with E-state index < -0.39 is 0 Å². The molecule has 0 amide bonds. The van der Waals surface area contributed by atoms with Gasteiger partial charge in [0.1, 0.15) is 0 Å². The zero-order chi connectivity index (χ0) is 27.6.